The molecule has 2 aromatic carbocycles. The fourth-order valence-electron chi connectivity index (χ4n) is 2.68. The summed E-state index contributed by atoms with van der Waals surface area (Å²) in [5.74, 6) is 1.61. The van der Waals surface area contributed by atoms with Crippen molar-refractivity contribution < 1.29 is 5.11 Å². The molecule has 21 heavy (non-hydrogen) atoms. The topological polar surface area (TPSA) is 46.2 Å². The minimum Gasteiger partial charge on any atom is -0.508 e. The zero-order chi connectivity index (χ0) is 15.2. The molecule has 0 spiro atoms. The summed E-state index contributed by atoms with van der Waals surface area (Å²) in [7, 11) is 0. The third-order valence-electron chi connectivity index (χ3n) is 4.13. The Balaban J connectivity index is 2.09. The second-order valence-electron chi connectivity index (χ2n) is 6.03. The van der Waals surface area contributed by atoms with Gasteiger partial charge in [-0.05, 0) is 60.0 Å². The van der Waals surface area contributed by atoms with Crippen LogP contribution in [0.4, 0.5) is 0 Å². The summed E-state index contributed by atoms with van der Waals surface area (Å²) < 4.78 is 0. The maximum atomic E-state index is 9.34. The number of rotatable bonds is 6. The highest BCUT2D eigenvalue weighted by molar-refractivity contribution is 5.64. The van der Waals surface area contributed by atoms with Gasteiger partial charge < -0.3 is 10.8 Å². The molecule has 2 heteroatoms. The van der Waals surface area contributed by atoms with Crippen molar-refractivity contribution in [3.63, 3.8) is 0 Å². The van der Waals surface area contributed by atoms with Gasteiger partial charge in [0.15, 0.2) is 0 Å². The SMILES string of the molecule is CC(C)C(CCN)Cc1ccc(-c2ccc(O)cc2)cc1. The summed E-state index contributed by atoms with van der Waals surface area (Å²) in [4.78, 5) is 0. The molecule has 2 nitrogen and oxygen atoms in total. The lowest BCUT2D eigenvalue weighted by Crippen LogP contribution is -2.16. The second kappa shape index (κ2) is 7.28. The minimum atomic E-state index is 0.303. The van der Waals surface area contributed by atoms with Crippen molar-refractivity contribution in [2.45, 2.75) is 26.7 Å². The van der Waals surface area contributed by atoms with Crippen LogP contribution in [0, 0.1) is 11.8 Å². The smallest absolute Gasteiger partial charge is 0.115 e. The highest BCUT2D eigenvalue weighted by Gasteiger charge is 2.13. The molecule has 0 saturated carbocycles. The summed E-state index contributed by atoms with van der Waals surface area (Å²) in [6.07, 6.45) is 2.17. The van der Waals surface area contributed by atoms with Crippen LogP contribution in [0.2, 0.25) is 0 Å². The molecule has 0 aromatic heterocycles. The molecule has 1 unspecified atom stereocenters. The third-order valence-corrected chi connectivity index (χ3v) is 4.13. The van der Waals surface area contributed by atoms with Gasteiger partial charge in [0.05, 0.1) is 0 Å². The van der Waals surface area contributed by atoms with Gasteiger partial charge in [-0.2, -0.15) is 0 Å². The Bertz CT molecular complexity index is 543. The summed E-state index contributed by atoms with van der Waals surface area (Å²) in [6, 6.07) is 16.0. The van der Waals surface area contributed by atoms with E-state index in [2.05, 4.69) is 38.1 Å². The Hall–Kier alpha value is -1.80. The lowest BCUT2D eigenvalue weighted by Gasteiger charge is -2.20. The quantitative estimate of drug-likeness (QED) is 0.833. The summed E-state index contributed by atoms with van der Waals surface area (Å²) in [6.45, 7) is 5.30. The number of benzene rings is 2. The number of nitrogens with two attached hydrogens (primary N) is 1. The standard InChI is InChI=1S/C19H25NO/c1-14(2)18(11-12-20)13-15-3-5-16(6-4-15)17-7-9-19(21)10-8-17/h3-10,14,18,21H,11-13,20H2,1-2H3. The molecule has 0 bridgehead atoms. The van der Waals surface area contributed by atoms with Crippen LogP contribution in [0.1, 0.15) is 25.8 Å². The second-order valence-corrected chi connectivity index (χ2v) is 6.03. The predicted octanol–water partition coefficient (Wildman–Crippen LogP) is 4.22. The molecule has 1 atom stereocenters. The Morgan fingerprint density at radius 2 is 1.43 bits per heavy atom. The first-order valence-electron chi connectivity index (χ1n) is 7.68. The van der Waals surface area contributed by atoms with E-state index in [-0.39, 0.29) is 0 Å². The maximum Gasteiger partial charge on any atom is 0.115 e. The summed E-state index contributed by atoms with van der Waals surface area (Å²) in [5.41, 5.74) is 9.38. The van der Waals surface area contributed by atoms with Gasteiger partial charge in [-0.3, -0.25) is 0 Å². The van der Waals surface area contributed by atoms with Gasteiger partial charge in [0.2, 0.25) is 0 Å². The highest BCUT2D eigenvalue weighted by atomic mass is 16.3. The van der Waals surface area contributed by atoms with Gasteiger partial charge in [-0.25, -0.2) is 0 Å². The van der Waals surface area contributed by atoms with Crippen LogP contribution in [0.5, 0.6) is 5.75 Å². The first kappa shape index (κ1) is 15.6. The molecule has 0 aliphatic heterocycles. The van der Waals surface area contributed by atoms with Gasteiger partial charge in [0.1, 0.15) is 5.75 Å². The van der Waals surface area contributed by atoms with Crippen LogP contribution < -0.4 is 5.73 Å². The molecule has 0 aliphatic rings. The first-order chi connectivity index (χ1) is 10.1. The third kappa shape index (κ3) is 4.33. The van der Waals surface area contributed by atoms with Crippen molar-refractivity contribution >= 4 is 0 Å². The Labute approximate surface area is 127 Å². The van der Waals surface area contributed by atoms with Crippen LogP contribution in [-0.2, 0) is 6.42 Å². The molecule has 2 aromatic rings. The van der Waals surface area contributed by atoms with Crippen LogP contribution >= 0.6 is 0 Å². The van der Waals surface area contributed by atoms with E-state index in [0.717, 1.165) is 24.9 Å². The molecular weight excluding hydrogens is 258 g/mol. The van der Waals surface area contributed by atoms with Crippen molar-refractivity contribution in [2.75, 3.05) is 6.54 Å². The fourth-order valence-corrected chi connectivity index (χ4v) is 2.68. The average molecular weight is 283 g/mol. The highest BCUT2D eigenvalue weighted by Crippen LogP contribution is 2.25. The lowest BCUT2D eigenvalue weighted by atomic mass is 9.86. The molecule has 0 saturated heterocycles. The molecule has 0 heterocycles. The van der Waals surface area contributed by atoms with E-state index >= 15 is 0 Å². The van der Waals surface area contributed by atoms with Gasteiger partial charge >= 0.3 is 0 Å². The number of phenolic OH excluding ortho intramolecular Hbond substituents is 1. The normalized spacial score (nSPS) is 12.6. The molecule has 0 amide bonds. The number of hydrogen-bond donors (Lipinski definition) is 2. The summed E-state index contributed by atoms with van der Waals surface area (Å²) in [5, 5.41) is 9.34. The van der Waals surface area contributed by atoms with E-state index < -0.39 is 0 Å². The number of phenols is 1. The van der Waals surface area contributed by atoms with Crippen LogP contribution in [0.15, 0.2) is 48.5 Å². The van der Waals surface area contributed by atoms with E-state index in [1.807, 2.05) is 12.1 Å². The molecule has 0 radical (unpaired) electrons. The zero-order valence-corrected chi connectivity index (χ0v) is 12.9. The summed E-state index contributed by atoms with van der Waals surface area (Å²) >= 11 is 0. The van der Waals surface area contributed by atoms with Crippen molar-refractivity contribution in [1.82, 2.24) is 0 Å². The zero-order valence-electron chi connectivity index (χ0n) is 12.9. The largest absolute Gasteiger partial charge is 0.508 e. The van der Waals surface area contributed by atoms with Crippen LogP contribution in [-0.4, -0.2) is 11.7 Å². The number of aromatic hydroxyl groups is 1. The van der Waals surface area contributed by atoms with Crippen molar-refractivity contribution in [3.05, 3.63) is 54.1 Å². The van der Waals surface area contributed by atoms with Gasteiger partial charge in [0.25, 0.3) is 0 Å². The Morgan fingerprint density at radius 3 is 1.90 bits per heavy atom. The van der Waals surface area contributed by atoms with E-state index in [4.69, 9.17) is 5.73 Å². The van der Waals surface area contributed by atoms with Gasteiger partial charge in [-0.15, -0.1) is 0 Å². The molecule has 2 rings (SSSR count). The van der Waals surface area contributed by atoms with Crippen LogP contribution in [0.25, 0.3) is 11.1 Å². The first-order valence-corrected chi connectivity index (χ1v) is 7.68. The molecule has 0 aliphatic carbocycles. The van der Waals surface area contributed by atoms with Gasteiger partial charge in [0, 0.05) is 0 Å². The molecular formula is C19H25NO. The monoisotopic (exact) mass is 283 g/mol. The maximum absolute atomic E-state index is 9.34. The minimum absolute atomic E-state index is 0.303. The predicted molar refractivity (Wildman–Crippen MR) is 89.2 cm³/mol. The Kier molecular flexibility index (Phi) is 5.40. The number of hydrogen-bond acceptors (Lipinski definition) is 2. The van der Waals surface area contributed by atoms with E-state index in [1.54, 1.807) is 12.1 Å². The molecule has 0 fully saturated rings. The molecule has 112 valence electrons. The van der Waals surface area contributed by atoms with Crippen molar-refractivity contribution in [3.8, 4) is 16.9 Å². The average Bonchev–Trinajstić information content (AvgIpc) is 2.48. The molecule has 3 N–H and O–H groups in total. The fraction of sp³-hybridized carbons (Fsp3) is 0.368. The van der Waals surface area contributed by atoms with Crippen molar-refractivity contribution in [2.24, 2.45) is 17.6 Å². The van der Waals surface area contributed by atoms with E-state index in [9.17, 15) is 5.11 Å². The van der Waals surface area contributed by atoms with E-state index in [1.165, 1.54) is 11.1 Å². The lowest BCUT2D eigenvalue weighted by molar-refractivity contribution is 0.362. The van der Waals surface area contributed by atoms with E-state index in [0.29, 0.717) is 17.6 Å². The van der Waals surface area contributed by atoms with Gasteiger partial charge in [-0.1, -0.05) is 50.2 Å². The van der Waals surface area contributed by atoms with Crippen LogP contribution in [0.3, 0.4) is 0 Å². The van der Waals surface area contributed by atoms with Crippen molar-refractivity contribution in [1.29, 1.82) is 0 Å². The Morgan fingerprint density at radius 1 is 0.905 bits per heavy atom.